The molecule has 4 aromatic rings. The standard InChI is InChI=1S/C30H29ClN2O3/c1-19-7-5-9-22(17-19)36-26-15-16-32-28-20(8-6-10-23(26)28)18-25(34)29-24(31)13-11-21(33-29)12-14-27(35)30(2,3)4/h5-11,13,15-17H,12,14,18H2,1-4H3. The maximum atomic E-state index is 13.3. The van der Waals surface area contributed by atoms with Crippen LogP contribution in [0, 0.1) is 12.3 Å². The third kappa shape index (κ3) is 5.97. The maximum absolute atomic E-state index is 13.3. The molecule has 0 bridgehead atoms. The Balaban J connectivity index is 1.57. The second-order valence-electron chi connectivity index (χ2n) is 9.95. The number of aromatic nitrogens is 2. The van der Waals surface area contributed by atoms with Crippen molar-refractivity contribution < 1.29 is 14.3 Å². The number of nitrogens with zero attached hydrogens (tertiary/aromatic N) is 2. The Labute approximate surface area is 216 Å². The van der Waals surface area contributed by atoms with E-state index < -0.39 is 5.41 Å². The Morgan fingerprint density at radius 3 is 2.53 bits per heavy atom. The van der Waals surface area contributed by atoms with E-state index in [2.05, 4.69) is 9.97 Å². The van der Waals surface area contributed by atoms with Crippen molar-refractivity contribution >= 4 is 34.1 Å². The Morgan fingerprint density at radius 2 is 1.78 bits per heavy atom. The lowest BCUT2D eigenvalue weighted by molar-refractivity contribution is -0.126. The number of para-hydroxylation sites is 1. The second kappa shape index (κ2) is 10.6. The van der Waals surface area contributed by atoms with E-state index in [-0.39, 0.29) is 23.7 Å². The maximum Gasteiger partial charge on any atom is 0.187 e. The van der Waals surface area contributed by atoms with Crippen molar-refractivity contribution in [2.75, 3.05) is 0 Å². The number of hydrogen-bond donors (Lipinski definition) is 0. The molecule has 0 saturated carbocycles. The molecule has 0 fully saturated rings. The van der Waals surface area contributed by atoms with Crippen molar-refractivity contribution in [2.24, 2.45) is 5.41 Å². The van der Waals surface area contributed by atoms with Gasteiger partial charge in [-0.25, -0.2) is 4.98 Å². The van der Waals surface area contributed by atoms with Crippen molar-refractivity contribution in [2.45, 2.75) is 47.0 Å². The number of halogens is 1. The molecule has 0 amide bonds. The zero-order chi connectivity index (χ0) is 25.9. The lowest BCUT2D eigenvalue weighted by Gasteiger charge is -2.16. The summed E-state index contributed by atoms with van der Waals surface area (Å²) in [7, 11) is 0. The fourth-order valence-electron chi connectivity index (χ4n) is 3.94. The Kier molecular flexibility index (Phi) is 7.51. The number of hydrogen-bond acceptors (Lipinski definition) is 5. The van der Waals surface area contributed by atoms with Crippen LogP contribution < -0.4 is 4.74 Å². The highest BCUT2D eigenvalue weighted by molar-refractivity contribution is 6.33. The number of carbonyl (C=O) groups is 2. The zero-order valence-corrected chi connectivity index (χ0v) is 21.7. The molecule has 36 heavy (non-hydrogen) atoms. The van der Waals surface area contributed by atoms with E-state index in [9.17, 15) is 9.59 Å². The van der Waals surface area contributed by atoms with Gasteiger partial charge in [-0.05, 0) is 60.9 Å². The molecule has 2 aromatic heterocycles. The first kappa shape index (κ1) is 25.5. The first-order valence-corrected chi connectivity index (χ1v) is 12.3. The summed E-state index contributed by atoms with van der Waals surface area (Å²) in [6.45, 7) is 7.71. The molecule has 2 heterocycles. The van der Waals surface area contributed by atoms with Crippen LogP contribution >= 0.6 is 11.6 Å². The summed E-state index contributed by atoms with van der Waals surface area (Å²) in [6, 6.07) is 18.8. The molecule has 0 atom stereocenters. The largest absolute Gasteiger partial charge is 0.457 e. The van der Waals surface area contributed by atoms with Crippen LogP contribution in [0.25, 0.3) is 10.9 Å². The van der Waals surface area contributed by atoms with Crippen LogP contribution in [-0.4, -0.2) is 21.5 Å². The number of pyridine rings is 2. The minimum atomic E-state index is -0.408. The van der Waals surface area contributed by atoms with Crippen LogP contribution in [0.4, 0.5) is 0 Å². The van der Waals surface area contributed by atoms with Gasteiger partial charge in [0.2, 0.25) is 0 Å². The predicted molar refractivity (Wildman–Crippen MR) is 143 cm³/mol. The van der Waals surface area contributed by atoms with E-state index in [1.165, 1.54) is 0 Å². The van der Waals surface area contributed by atoms with Gasteiger partial charge in [0.05, 0.1) is 10.5 Å². The highest BCUT2D eigenvalue weighted by Crippen LogP contribution is 2.31. The molecular weight excluding hydrogens is 472 g/mol. The third-order valence-corrected chi connectivity index (χ3v) is 6.30. The second-order valence-corrected chi connectivity index (χ2v) is 10.4. The summed E-state index contributed by atoms with van der Waals surface area (Å²) >= 11 is 6.35. The van der Waals surface area contributed by atoms with Gasteiger partial charge in [-0.15, -0.1) is 0 Å². The number of benzene rings is 2. The van der Waals surface area contributed by atoms with Crippen LogP contribution in [0.5, 0.6) is 11.5 Å². The molecule has 0 spiro atoms. The summed E-state index contributed by atoms with van der Waals surface area (Å²) in [5.74, 6) is 1.35. The Morgan fingerprint density at radius 1 is 1.00 bits per heavy atom. The lowest BCUT2D eigenvalue weighted by Crippen LogP contribution is -2.20. The van der Waals surface area contributed by atoms with E-state index in [1.54, 1.807) is 18.3 Å². The predicted octanol–water partition coefficient (Wildman–Crippen LogP) is 7.36. The average Bonchev–Trinajstić information content (AvgIpc) is 2.83. The SMILES string of the molecule is Cc1cccc(Oc2ccnc3c(CC(=O)c4nc(CCC(=O)C(C)(C)C)ccc4Cl)cccc23)c1. The molecule has 0 unspecified atom stereocenters. The average molecular weight is 501 g/mol. The van der Waals surface area contributed by atoms with Gasteiger partial charge in [0.25, 0.3) is 0 Å². The molecule has 0 aliphatic rings. The molecule has 0 saturated heterocycles. The van der Waals surface area contributed by atoms with Crippen LogP contribution in [0.3, 0.4) is 0 Å². The van der Waals surface area contributed by atoms with Crippen LogP contribution in [0.2, 0.25) is 5.02 Å². The molecule has 0 radical (unpaired) electrons. The molecule has 184 valence electrons. The number of ketones is 2. The van der Waals surface area contributed by atoms with Crippen LogP contribution in [-0.2, 0) is 17.6 Å². The van der Waals surface area contributed by atoms with Gasteiger partial charge in [-0.2, -0.15) is 0 Å². The molecule has 0 N–H and O–H groups in total. The monoisotopic (exact) mass is 500 g/mol. The topological polar surface area (TPSA) is 69.2 Å². The highest BCUT2D eigenvalue weighted by atomic mass is 35.5. The van der Waals surface area contributed by atoms with Crippen molar-refractivity contribution in [3.05, 3.63) is 94.4 Å². The molecule has 0 aliphatic heterocycles. The van der Waals surface area contributed by atoms with Gasteiger partial charge < -0.3 is 4.74 Å². The van der Waals surface area contributed by atoms with E-state index in [1.807, 2.05) is 76.2 Å². The summed E-state index contributed by atoms with van der Waals surface area (Å²) in [5, 5.41) is 1.11. The molecule has 2 aromatic carbocycles. The van der Waals surface area contributed by atoms with Crippen molar-refractivity contribution in [1.29, 1.82) is 0 Å². The van der Waals surface area contributed by atoms with Crippen molar-refractivity contribution in [3.8, 4) is 11.5 Å². The fraction of sp³-hybridized carbons (Fsp3) is 0.267. The Hall–Kier alpha value is -3.57. The van der Waals surface area contributed by atoms with E-state index in [0.29, 0.717) is 34.8 Å². The van der Waals surface area contributed by atoms with Crippen molar-refractivity contribution in [1.82, 2.24) is 9.97 Å². The fourth-order valence-corrected chi connectivity index (χ4v) is 4.15. The number of fused-ring (bicyclic) bond motifs is 1. The van der Waals surface area contributed by atoms with E-state index in [0.717, 1.165) is 22.3 Å². The zero-order valence-electron chi connectivity index (χ0n) is 21.0. The van der Waals surface area contributed by atoms with E-state index >= 15 is 0 Å². The van der Waals surface area contributed by atoms with Crippen molar-refractivity contribution in [3.63, 3.8) is 0 Å². The number of Topliss-reactive ketones (excluding diaryl/α,β-unsaturated/α-hetero) is 2. The van der Waals surface area contributed by atoms with Gasteiger partial charge >= 0.3 is 0 Å². The summed E-state index contributed by atoms with van der Waals surface area (Å²) < 4.78 is 6.14. The highest BCUT2D eigenvalue weighted by Gasteiger charge is 2.22. The molecular formula is C30H29ClN2O3. The quantitative estimate of drug-likeness (QED) is 0.236. The summed E-state index contributed by atoms with van der Waals surface area (Å²) in [4.78, 5) is 34.6. The molecule has 5 nitrogen and oxygen atoms in total. The molecule has 0 aliphatic carbocycles. The minimum Gasteiger partial charge on any atom is -0.457 e. The van der Waals surface area contributed by atoms with Gasteiger partial charge in [0.1, 0.15) is 23.0 Å². The molecule has 4 rings (SSSR count). The lowest BCUT2D eigenvalue weighted by atomic mass is 9.88. The van der Waals surface area contributed by atoms with Gasteiger partial charge in [-0.1, -0.05) is 56.6 Å². The summed E-state index contributed by atoms with van der Waals surface area (Å²) in [6.07, 6.45) is 2.60. The number of rotatable bonds is 8. The summed E-state index contributed by atoms with van der Waals surface area (Å²) in [5.41, 5.74) is 3.03. The van der Waals surface area contributed by atoms with Gasteiger partial charge in [0, 0.05) is 35.5 Å². The smallest absolute Gasteiger partial charge is 0.187 e. The third-order valence-electron chi connectivity index (χ3n) is 6.00. The van der Waals surface area contributed by atoms with Gasteiger partial charge in [0.15, 0.2) is 5.78 Å². The first-order chi connectivity index (χ1) is 17.1. The normalized spacial score (nSPS) is 11.5. The first-order valence-electron chi connectivity index (χ1n) is 11.9. The van der Waals surface area contributed by atoms with Crippen LogP contribution in [0.1, 0.15) is 54.5 Å². The molecule has 6 heteroatoms. The van der Waals surface area contributed by atoms with Crippen LogP contribution in [0.15, 0.2) is 66.9 Å². The van der Waals surface area contributed by atoms with E-state index in [4.69, 9.17) is 16.3 Å². The number of ether oxygens (including phenoxy) is 1. The minimum absolute atomic E-state index is 0.0926. The number of carbonyl (C=O) groups excluding carboxylic acids is 2. The van der Waals surface area contributed by atoms with Gasteiger partial charge in [-0.3, -0.25) is 14.6 Å². The number of aryl methyl sites for hydroxylation is 2. The Bertz CT molecular complexity index is 1440.